The summed E-state index contributed by atoms with van der Waals surface area (Å²) in [5.74, 6) is -0.187. The molecule has 0 radical (unpaired) electrons. The smallest absolute Gasteiger partial charge is 0.126 e. The Morgan fingerprint density at radius 2 is 1.87 bits per heavy atom. The second-order valence-electron chi connectivity index (χ2n) is 3.36. The summed E-state index contributed by atoms with van der Waals surface area (Å²) in [6.07, 6.45) is 0. The summed E-state index contributed by atoms with van der Waals surface area (Å²) in [5, 5.41) is 3.27. The fourth-order valence-electron chi connectivity index (χ4n) is 1.64. The molecule has 1 aliphatic heterocycles. The Kier molecular flexibility index (Phi) is 4.83. The molecule has 0 atom stereocenters. The third kappa shape index (κ3) is 3.33. The number of benzene rings is 1. The van der Waals surface area contributed by atoms with Crippen molar-refractivity contribution in [2.75, 3.05) is 31.1 Å². The fourth-order valence-corrected chi connectivity index (χ4v) is 2.10. The second kappa shape index (κ2) is 5.68. The van der Waals surface area contributed by atoms with Gasteiger partial charge in [0.1, 0.15) is 5.82 Å². The monoisotopic (exact) mass is 294 g/mol. The van der Waals surface area contributed by atoms with Crippen LogP contribution < -0.4 is 10.2 Å². The topological polar surface area (TPSA) is 15.3 Å². The molecule has 1 aliphatic rings. The molecule has 0 aliphatic carbocycles. The van der Waals surface area contributed by atoms with E-state index in [1.807, 2.05) is 6.07 Å². The van der Waals surface area contributed by atoms with Gasteiger partial charge in [-0.2, -0.15) is 0 Å². The predicted octanol–water partition coefficient (Wildman–Crippen LogP) is 2.42. The number of hydrogen-bond donors (Lipinski definition) is 1. The Morgan fingerprint density at radius 1 is 1.20 bits per heavy atom. The van der Waals surface area contributed by atoms with Crippen molar-refractivity contribution in [2.24, 2.45) is 0 Å². The third-order valence-corrected chi connectivity index (χ3v) is 2.79. The largest absolute Gasteiger partial charge is 0.369 e. The lowest BCUT2D eigenvalue weighted by atomic mass is 10.2. The zero-order valence-electron chi connectivity index (χ0n) is 8.17. The number of rotatable bonds is 1. The van der Waals surface area contributed by atoms with Gasteiger partial charge >= 0.3 is 0 Å². The van der Waals surface area contributed by atoms with Crippen LogP contribution in [0.2, 0.25) is 0 Å². The van der Waals surface area contributed by atoms with Crippen LogP contribution in [-0.2, 0) is 0 Å². The van der Waals surface area contributed by atoms with Crippen molar-refractivity contribution in [3.05, 3.63) is 28.5 Å². The van der Waals surface area contributed by atoms with Crippen LogP contribution in [0.4, 0.5) is 10.1 Å². The highest BCUT2D eigenvalue weighted by atomic mass is 79.9. The molecule has 0 unspecified atom stereocenters. The van der Waals surface area contributed by atoms with Crippen molar-refractivity contribution in [3.63, 3.8) is 0 Å². The van der Waals surface area contributed by atoms with Gasteiger partial charge in [0, 0.05) is 36.3 Å². The highest BCUT2D eigenvalue weighted by Crippen LogP contribution is 2.22. The van der Waals surface area contributed by atoms with Crippen LogP contribution in [0, 0.1) is 5.82 Å². The lowest BCUT2D eigenvalue weighted by molar-refractivity contribution is 0.584. The first-order valence-electron chi connectivity index (χ1n) is 4.67. The van der Waals surface area contributed by atoms with Crippen molar-refractivity contribution in [1.29, 1.82) is 0 Å². The average Bonchev–Trinajstić information content (AvgIpc) is 2.18. The molecule has 0 aromatic heterocycles. The molecule has 2 nitrogen and oxygen atoms in total. The maximum atomic E-state index is 13.1. The van der Waals surface area contributed by atoms with Crippen LogP contribution in [0.5, 0.6) is 0 Å². The molecule has 1 aromatic rings. The molecule has 1 N–H and O–H groups in total. The summed E-state index contributed by atoms with van der Waals surface area (Å²) >= 11 is 3.30. The van der Waals surface area contributed by atoms with E-state index in [9.17, 15) is 4.39 Å². The van der Waals surface area contributed by atoms with Gasteiger partial charge in [-0.15, -0.1) is 12.4 Å². The number of halogens is 3. The van der Waals surface area contributed by atoms with Crippen molar-refractivity contribution < 1.29 is 4.39 Å². The first kappa shape index (κ1) is 12.7. The standard InChI is InChI=1S/C10H12BrFN2.ClH/c11-8-5-9(12)7-10(6-8)14-3-1-13-2-4-14;/h5-7,13H,1-4H2;1H. The van der Waals surface area contributed by atoms with E-state index in [2.05, 4.69) is 26.1 Å². The molecular weight excluding hydrogens is 282 g/mol. The molecule has 0 saturated carbocycles. The molecule has 1 aromatic carbocycles. The van der Waals surface area contributed by atoms with Crippen molar-refractivity contribution >= 4 is 34.0 Å². The summed E-state index contributed by atoms with van der Waals surface area (Å²) in [4.78, 5) is 2.18. The van der Waals surface area contributed by atoms with E-state index in [1.165, 1.54) is 6.07 Å². The zero-order chi connectivity index (χ0) is 9.97. The summed E-state index contributed by atoms with van der Waals surface area (Å²) in [7, 11) is 0. The minimum atomic E-state index is -0.187. The number of anilines is 1. The first-order valence-corrected chi connectivity index (χ1v) is 5.47. The highest BCUT2D eigenvalue weighted by Gasteiger charge is 2.11. The van der Waals surface area contributed by atoms with Crippen LogP contribution in [0.25, 0.3) is 0 Å². The second-order valence-corrected chi connectivity index (χ2v) is 4.28. The molecule has 84 valence electrons. The van der Waals surface area contributed by atoms with Gasteiger partial charge in [0.25, 0.3) is 0 Å². The first-order chi connectivity index (χ1) is 6.75. The predicted molar refractivity (Wildman–Crippen MR) is 66.4 cm³/mol. The molecular formula is C10H13BrClFN2. The van der Waals surface area contributed by atoms with Gasteiger partial charge in [0.15, 0.2) is 0 Å². The summed E-state index contributed by atoms with van der Waals surface area (Å²) < 4.78 is 13.9. The van der Waals surface area contributed by atoms with Crippen LogP contribution in [0.1, 0.15) is 0 Å². The van der Waals surface area contributed by atoms with E-state index in [-0.39, 0.29) is 18.2 Å². The van der Waals surface area contributed by atoms with Crippen molar-refractivity contribution in [3.8, 4) is 0 Å². The quantitative estimate of drug-likeness (QED) is 0.856. The van der Waals surface area contributed by atoms with E-state index in [0.717, 1.165) is 36.3 Å². The van der Waals surface area contributed by atoms with Gasteiger partial charge in [-0.3, -0.25) is 0 Å². The Labute approximate surface area is 103 Å². The third-order valence-electron chi connectivity index (χ3n) is 2.33. The minimum absolute atomic E-state index is 0. The van der Waals surface area contributed by atoms with Crippen LogP contribution in [0.15, 0.2) is 22.7 Å². The van der Waals surface area contributed by atoms with E-state index >= 15 is 0 Å². The van der Waals surface area contributed by atoms with Gasteiger partial charge in [0.05, 0.1) is 0 Å². The van der Waals surface area contributed by atoms with E-state index in [0.29, 0.717) is 0 Å². The van der Waals surface area contributed by atoms with Gasteiger partial charge in [-0.25, -0.2) is 4.39 Å². The van der Waals surface area contributed by atoms with Gasteiger partial charge in [-0.05, 0) is 18.2 Å². The summed E-state index contributed by atoms with van der Waals surface area (Å²) in [6.45, 7) is 3.81. The Balaban J connectivity index is 0.00000112. The van der Waals surface area contributed by atoms with Gasteiger partial charge in [0.2, 0.25) is 0 Å². The zero-order valence-corrected chi connectivity index (χ0v) is 10.6. The van der Waals surface area contributed by atoms with Crippen LogP contribution in [-0.4, -0.2) is 26.2 Å². The van der Waals surface area contributed by atoms with Crippen molar-refractivity contribution in [1.82, 2.24) is 5.32 Å². The molecule has 1 saturated heterocycles. The fraction of sp³-hybridized carbons (Fsp3) is 0.400. The normalized spacial score (nSPS) is 16.0. The lowest BCUT2D eigenvalue weighted by Gasteiger charge is -2.29. The van der Waals surface area contributed by atoms with Crippen molar-refractivity contribution in [2.45, 2.75) is 0 Å². The molecule has 15 heavy (non-hydrogen) atoms. The highest BCUT2D eigenvalue weighted by molar-refractivity contribution is 9.10. The molecule has 1 heterocycles. The maximum Gasteiger partial charge on any atom is 0.126 e. The number of piperazine rings is 1. The molecule has 0 bridgehead atoms. The Bertz CT molecular complexity index is 309. The van der Waals surface area contributed by atoms with E-state index < -0.39 is 0 Å². The van der Waals surface area contributed by atoms with Crippen LogP contribution in [0.3, 0.4) is 0 Å². The Hall–Kier alpha value is -0.320. The SMILES string of the molecule is Cl.Fc1cc(Br)cc(N2CCNCC2)c1. The Morgan fingerprint density at radius 3 is 2.47 bits per heavy atom. The maximum absolute atomic E-state index is 13.1. The molecule has 5 heteroatoms. The number of nitrogens with zero attached hydrogens (tertiary/aromatic N) is 1. The van der Waals surface area contributed by atoms with Gasteiger partial charge in [-0.1, -0.05) is 15.9 Å². The number of nitrogens with one attached hydrogen (secondary N) is 1. The summed E-state index contributed by atoms with van der Waals surface area (Å²) in [6, 6.07) is 5.01. The molecule has 0 spiro atoms. The van der Waals surface area contributed by atoms with E-state index in [1.54, 1.807) is 6.07 Å². The summed E-state index contributed by atoms with van der Waals surface area (Å²) in [5.41, 5.74) is 0.957. The van der Waals surface area contributed by atoms with Gasteiger partial charge < -0.3 is 10.2 Å². The average molecular weight is 296 g/mol. The molecule has 2 rings (SSSR count). The minimum Gasteiger partial charge on any atom is -0.369 e. The number of hydrogen-bond acceptors (Lipinski definition) is 2. The lowest BCUT2D eigenvalue weighted by Crippen LogP contribution is -2.43. The molecule has 1 fully saturated rings. The molecule has 0 amide bonds. The van der Waals surface area contributed by atoms with Crippen LogP contribution >= 0.6 is 28.3 Å². The van der Waals surface area contributed by atoms with E-state index in [4.69, 9.17) is 0 Å².